The third-order valence-corrected chi connectivity index (χ3v) is 3.07. The van der Waals surface area contributed by atoms with Crippen LogP contribution in [0, 0.1) is 11.6 Å². The fourth-order valence-electron chi connectivity index (χ4n) is 1.94. The SMILES string of the molecule is CNc1nccc(C(=O)N(C)Cc2ccccc2F)c1F. The Balaban J connectivity index is 2.22. The lowest BCUT2D eigenvalue weighted by Gasteiger charge is -2.18. The Morgan fingerprint density at radius 3 is 2.67 bits per heavy atom. The minimum absolute atomic E-state index is 0.000131. The van der Waals surface area contributed by atoms with Gasteiger partial charge >= 0.3 is 0 Å². The van der Waals surface area contributed by atoms with Crippen molar-refractivity contribution in [3.8, 4) is 0 Å². The molecule has 0 unspecified atom stereocenters. The van der Waals surface area contributed by atoms with E-state index in [4.69, 9.17) is 0 Å². The van der Waals surface area contributed by atoms with Crippen molar-refractivity contribution in [2.75, 3.05) is 19.4 Å². The van der Waals surface area contributed by atoms with E-state index in [9.17, 15) is 13.6 Å². The lowest BCUT2D eigenvalue weighted by atomic mass is 10.1. The molecule has 2 rings (SSSR count). The Kier molecular flexibility index (Phi) is 4.47. The fraction of sp³-hybridized carbons (Fsp3) is 0.200. The second-order valence-corrected chi connectivity index (χ2v) is 4.52. The average molecular weight is 291 g/mol. The Morgan fingerprint density at radius 2 is 2.00 bits per heavy atom. The van der Waals surface area contributed by atoms with Crippen molar-refractivity contribution in [2.24, 2.45) is 0 Å². The molecule has 0 spiro atoms. The van der Waals surface area contributed by atoms with Gasteiger partial charge in [-0.25, -0.2) is 13.8 Å². The number of halogens is 2. The molecule has 1 heterocycles. The Hall–Kier alpha value is -2.50. The van der Waals surface area contributed by atoms with E-state index in [1.807, 2.05) is 0 Å². The molecule has 1 N–H and O–H groups in total. The molecule has 0 fully saturated rings. The van der Waals surface area contributed by atoms with Crippen LogP contribution in [0.5, 0.6) is 0 Å². The van der Waals surface area contributed by atoms with E-state index in [-0.39, 0.29) is 17.9 Å². The largest absolute Gasteiger partial charge is 0.371 e. The van der Waals surface area contributed by atoms with E-state index in [2.05, 4.69) is 10.3 Å². The summed E-state index contributed by atoms with van der Waals surface area (Å²) < 4.78 is 27.6. The van der Waals surface area contributed by atoms with Crippen LogP contribution in [0.2, 0.25) is 0 Å². The molecule has 0 aliphatic carbocycles. The number of carbonyl (C=O) groups excluding carboxylic acids is 1. The van der Waals surface area contributed by atoms with E-state index in [1.165, 1.54) is 37.3 Å². The number of pyridine rings is 1. The molecule has 2 aromatic rings. The molecule has 0 atom stereocenters. The summed E-state index contributed by atoms with van der Waals surface area (Å²) >= 11 is 0. The van der Waals surface area contributed by atoms with Crippen LogP contribution < -0.4 is 5.32 Å². The van der Waals surface area contributed by atoms with Crippen molar-refractivity contribution < 1.29 is 13.6 Å². The third-order valence-electron chi connectivity index (χ3n) is 3.07. The van der Waals surface area contributed by atoms with Crippen molar-refractivity contribution in [2.45, 2.75) is 6.54 Å². The van der Waals surface area contributed by atoms with Gasteiger partial charge in [0.15, 0.2) is 11.6 Å². The standard InChI is InChI=1S/C15H15F2N3O/c1-18-14-13(17)11(7-8-19-14)15(21)20(2)9-10-5-3-4-6-12(10)16/h3-8H,9H2,1-2H3,(H,18,19). The highest BCUT2D eigenvalue weighted by atomic mass is 19.1. The highest BCUT2D eigenvalue weighted by molar-refractivity contribution is 5.95. The van der Waals surface area contributed by atoms with Crippen molar-refractivity contribution >= 4 is 11.7 Å². The lowest BCUT2D eigenvalue weighted by Crippen LogP contribution is -2.27. The van der Waals surface area contributed by atoms with Crippen LogP contribution in [0.15, 0.2) is 36.5 Å². The average Bonchev–Trinajstić information content (AvgIpc) is 2.49. The predicted molar refractivity (Wildman–Crippen MR) is 75.9 cm³/mol. The van der Waals surface area contributed by atoms with Crippen LogP contribution in [0.3, 0.4) is 0 Å². The van der Waals surface area contributed by atoms with Crippen LogP contribution in [-0.2, 0) is 6.54 Å². The van der Waals surface area contributed by atoms with E-state index in [0.717, 1.165) is 0 Å². The Bertz CT molecular complexity index is 661. The Labute approximate surface area is 121 Å². The zero-order valence-corrected chi connectivity index (χ0v) is 11.7. The molecule has 0 bridgehead atoms. The molecular weight excluding hydrogens is 276 g/mol. The van der Waals surface area contributed by atoms with E-state index in [1.54, 1.807) is 18.2 Å². The van der Waals surface area contributed by atoms with Gasteiger partial charge in [-0.15, -0.1) is 0 Å². The normalized spacial score (nSPS) is 10.3. The molecule has 110 valence electrons. The molecule has 4 nitrogen and oxygen atoms in total. The summed E-state index contributed by atoms with van der Waals surface area (Å²) in [5, 5.41) is 2.57. The van der Waals surface area contributed by atoms with Crippen LogP contribution >= 0.6 is 0 Å². The second-order valence-electron chi connectivity index (χ2n) is 4.52. The summed E-state index contributed by atoms with van der Waals surface area (Å²) in [4.78, 5) is 17.3. The maximum atomic E-state index is 14.1. The van der Waals surface area contributed by atoms with E-state index < -0.39 is 17.5 Å². The smallest absolute Gasteiger partial charge is 0.257 e. The third kappa shape index (κ3) is 3.16. The molecule has 0 saturated heterocycles. The van der Waals surface area contributed by atoms with Gasteiger partial charge in [-0.1, -0.05) is 18.2 Å². The molecule has 1 aromatic carbocycles. The number of nitrogens with zero attached hydrogens (tertiary/aromatic N) is 2. The zero-order valence-electron chi connectivity index (χ0n) is 11.7. The van der Waals surface area contributed by atoms with Gasteiger partial charge < -0.3 is 10.2 Å². The van der Waals surface area contributed by atoms with Crippen LogP contribution in [0.4, 0.5) is 14.6 Å². The summed E-state index contributed by atoms with van der Waals surface area (Å²) in [5.41, 5.74) is 0.268. The zero-order chi connectivity index (χ0) is 15.4. The highest BCUT2D eigenvalue weighted by Crippen LogP contribution is 2.17. The molecule has 0 radical (unpaired) electrons. The molecule has 0 saturated carbocycles. The highest BCUT2D eigenvalue weighted by Gasteiger charge is 2.19. The summed E-state index contributed by atoms with van der Waals surface area (Å²) in [6.45, 7) is 0.0577. The number of amides is 1. The number of hydrogen-bond donors (Lipinski definition) is 1. The van der Waals surface area contributed by atoms with Gasteiger partial charge in [0.1, 0.15) is 5.82 Å². The lowest BCUT2D eigenvalue weighted by molar-refractivity contribution is 0.0779. The number of aromatic nitrogens is 1. The van der Waals surface area contributed by atoms with E-state index in [0.29, 0.717) is 5.56 Å². The van der Waals surface area contributed by atoms with Crippen LogP contribution in [0.25, 0.3) is 0 Å². The first-order chi connectivity index (χ1) is 10.0. The molecule has 6 heteroatoms. The molecular formula is C15H15F2N3O. The van der Waals surface area contributed by atoms with Crippen LogP contribution in [-0.4, -0.2) is 29.9 Å². The summed E-state index contributed by atoms with van der Waals surface area (Å²) in [5.74, 6) is -1.65. The van der Waals surface area contributed by atoms with Gasteiger partial charge in [0.2, 0.25) is 0 Å². The predicted octanol–water partition coefficient (Wildman–Crippen LogP) is 2.67. The van der Waals surface area contributed by atoms with Gasteiger partial charge in [0.25, 0.3) is 5.91 Å². The second kappa shape index (κ2) is 6.30. The molecule has 0 aliphatic heterocycles. The molecule has 21 heavy (non-hydrogen) atoms. The molecule has 1 aromatic heterocycles. The summed E-state index contributed by atoms with van der Waals surface area (Å²) in [7, 11) is 3.01. The number of rotatable bonds is 4. The number of nitrogens with one attached hydrogen (secondary N) is 1. The first-order valence-corrected chi connectivity index (χ1v) is 6.35. The number of hydrogen-bond acceptors (Lipinski definition) is 3. The summed E-state index contributed by atoms with van der Waals surface area (Å²) in [6, 6.07) is 7.46. The maximum Gasteiger partial charge on any atom is 0.257 e. The van der Waals surface area contributed by atoms with Gasteiger partial charge in [-0.2, -0.15) is 0 Å². The number of benzene rings is 1. The monoisotopic (exact) mass is 291 g/mol. The number of carbonyl (C=O) groups is 1. The van der Waals surface area contributed by atoms with Crippen molar-refractivity contribution in [3.63, 3.8) is 0 Å². The van der Waals surface area contributed by atoms with Gasteiger partial charge in [0, 0.05) is 32.4 Å². The van der Waals surface area contributed by atoms with E-state index >= 15 is 0 Å². The molecule has 1 amide bonds. The van der Waals surface area contributed by atoms with Gasteiger partial charge in [-0.3, -0.25) is 4.79 Å². The fourth-order valence-corrected chi connectivity index (χ4v) is 1.94. The Morgan fingerprint density at radius 1 is 1.29 bits per heavy atom. The minimum Gasteiger partial charge on any atom is -0.371 e. The van der Waals surface area contributed by atoms with Crippen molar-refractivity contribution in [3.05, 3.63) is 59.3 Å². The topological polar surface area (TPSA) is 45.2 Å². The minimum atomic E-state index is -0.717. The first-order valence-electron chi connectivity index (χ1n) is 6.35. The van der Waals surface area contributed by atoms with Crippen LogP contribution in [0.1, 0.15) is 15.9 Å². The van der Waals surface area contributed by atoms with Crippen molar-refractivity contribution in [1.29, 1.82) is 0 Å². The maximum absolute atomic E-state index is 14.1. The quantitative estimate of drug-likeness (QED) is 0.942. The number of anilines is 1. The van der Waals surface area contributed by atoms with Gasteiger partial charge in [0.05, 0.1) is 5.56 Å². The van der Waals surface area contributed by atoms with Crippen molar-refractivity contribution in [1.82, 2.24) is 9.88 Å². The summed E-state index contributed by atoms with van der Waals surface area (Å²) in [6.07, 6.45) is 1.35. The first kappa shape index (κ1) is 14.9. The van der Waals surface area contributed by atoms with Gasteiger partial charge in [-0.05, 0) is 12.1 Å². The molecule has 0 aliphatic rings.